The number of piperidine rings is 1. The molecule has 1 unspecified atom stereocenters. The summed E-state index contributed by atoms with van der Waals surface area (Å²) in [5.74, 6) is 1.77. The van der Waals surface area contributed by atoms with Gasteiger partial charge in [-0.2, -0.15) is 0 Å². The fraction of sp³-hybridized carbons (Fsp3) is 0.407. The van der Waals surface area contributed by atoms with Gasteiger partial charge in [0, 0.05) is 50.8 Å². The number of nitrogens with zero attached hydrogens (tertiary/aromatic N) is 3. The van der Waals surface area contributed by atoms with E-state index in [9.17, 15) is 4.79 Å². The molecule has 0 radical (unpaired) electrons. The van der Waals surface area contributed by atoms with Crippen molar-refractivity contribution in [2.75, 3.05) is 34.3 Å². The maximum Gasteiger partial charge on any atom is 0.230 e. The van der Waals surface area contributed by atoms with Crippen LogP contribution in [0.1, 0.15) is 29.7 Å². The number of aryl methyl sites for hydroxylation is 1. The van der Waals surface area contributed by atoms with Crippen LogP contribution in [0.5, 0.6) is 5.75 Å². The molecule has 1 saturated heterocycles. The summed E-state index contributed by atoms with van der Waals surface area (Å²) in [6.45, 7) is 4.43. The Kier molecular flexibility index (Phi) is 6.84. The number of amides is 1. The highest BCUT2D eigenvalue weighted by atomic mass is 16.5. The Morgan fingerprint density at radius 2 is 1.94 bits per heavy atom. The lowest BCUT2D eigenvalue weighted by molar-refractivity contribution is -0.143. The molecular weight excluding hydrogens is 414 g/mol. The number of benzene rings is 2. The molecule has 2 heterocycles. The topological polar surface area (TPSA) is 58.8 Å². The molecule has 1 aliphatic rings. The summed E-state index contributed by atoms with van der Waals surface area (Å²) in [6, 6.07) is 18.3. The van der Waals surface area contributed by atoms with E-state index in [1.54, 1.807) is 12.0 Å². The smallest absolute Gasteiger partial charge is 0.230 e. The van der Waals surface area contributed by atoms with Gasteiger partial charge < -0.3 is 14.2 Å². The summed E-state index contributed by atoms with van der Waals surface area (Å²) in [5, 5.41) is 4.30. The first-order chi connectivity index (χ1) is 15.9. The molecule has 4 rings (SSSR count). The van der Waals surface area contributed by atoms with E-state index in [1.807, 2.05) is 50.5 Å². The molecule has 1 aliphatic heterocycles. The van der Waals surface area contributed by atoms with Crippen LogP contribution in [0.2, 0.25) is 0 Å². The van der Waals surface area contributed by atoms with Crippen molar-refractivity contribution in [1.29, 1.82) is 0 Å². The summed E-state index contributed by atoms with van der Waals surface area (Å²) >= 11 is 0. The minimum absolute atomic E-state index is 0.139. The second-order valence-electron chi connectivity index (χ2n) is 9.33. The number of hydrogen-bond donors (Lipinski definition) is 0. The van der Waals surface area contributed by atoms with Crippen LogP contribution in [0.4, 0.5) is 0 Å². The average Bonchev–Trinajstić information content (AvgIpc) is 3.27. The third kappa shape index (κ3) is 5.11. The van der Waals surface area contributed by atoms with Crippen molar-refractivity contribution < 1.29 is 14.1 Å². The minimum Gasteiger partial charge on any atom is -0.496 e. The Balaban J connectivity index is 1.57. The van der Waals surface area contributed by atoms with Gasteiger partial charge in [-0.1, -0.05) is 53.2 Å². The summed E-state index contributed by atoms with van der Waals surface area (Å²) in [5.41, 5.74) is 3.61. The first-order valence-electron chi connectivity index (χ1n) is 11.5. The summed E-state index contributed by atoms with van der Waals surface area (Å²) in [4.78, 5) is 17.5. The Hall–Kier alpha value is -3.12. The third-order valence-corrected chi connectivity index (χ3v) is 6.52. The van der Waals surface area contributed by atoms with Gasteiger partial charge in [0.2, 0.25) is 5.91 Å². The molecule has 1 atom stereocenters. The highest BCUT2D eigenvalue weighted by Crippen LogP contribution is 2.37. The Bertz CT molecular complexity index is 1090. The zero-order valence-electron chi connectivity index (χ0n) is 20.0. The van der Waals surface area contributed by atoms with Crippen LogP contribution in [-0.4, -0.2) is 55.2 Å². The van der Waals surface area contributed by atoms with E-state index in [4.69, 9.17) is 9.26 Å². The Labute approximate surface area is 196 Å². The molecule has 2 aromatic carbocycles. The van der Waals surface area contributed by atoms with Crippen LogP contribution in [0.25, 0.3) is 11.3 Å². The zero-order valence-corrected chi connectivity index (χ0v) is 20.0. The van der Waals surface area contributed by atoms with Crippen molar-refractivity contribution in [2.45, 2.75) is 32.7 Å². The van der Waals surface area contributed by atoms with Crippen LogP contribution in [0.3, 0.4) is 0 Å². The van der Waals surface area contributed by atoms with Crippen molar-refractivity contribution in [2.24, 2.45) is 5.41 Å². The van der Waals surface area contributed by atoms with E-state index in [2.05, 4.69) is 35.2 Å². The molecule has 0 N–H and O–H groups in total. The number of hydrogen-bond acceptors (Lipinski definition) is 5. The van der Waals surface area contributed by atoms with Crippen LogP contribution in [-0.2, 0) is 17.8 Å². The van der Waals surface area contributed by atoms with E-state index < -0.39 is 5.41 Å². The summed E-state index contributed by atoms with van der Waals surface area (Å²) < 4.78 is 11.3. The van der Waals surface area contributed by atoms with E-state index in [0.717, 1.165) is 54.3 Å². The van der Waals surface area contributed by atoms with Gasteiger partial charge in [-0.25, -0.2) is 0 Å². The van der Waals surface area contributed by atoms with Gasteiger partial charge >= 0.3 is 0 Å². The molecule has 33 heavy (non-hydrogen) atoms. The largest absolute Gasteiger partial charge is 0.496 e. The standard InChI is InChI=1S/C27H33N3O3/c1-20-10-12-21(13-11-20)24-16-23(33-28-24)17-27(26(31)29(2)3)14-7-15-30(19-27)18-22-8-5-6-9-25(22)32-4/h5-6,8-13,16H,7,14-15,17-19H2,1-4H3. The number of carbonyl (C=O) groups is 1. The Morgan fingerprint density at radius 3 is 2.67 bits per heavy atom. The van der Waals surface area contributed by atoms with E-state index in [0.29, 0.717) is 13.0 Å². The lowest BCUT2D eigenvalue weighted by Gasteiger charge is -2.42. The van der Waals surface area contributed by atoms with Gasteiger partial charge in [-0.15, -0.1) is 0 Å². The quantitative estimate of drug-likeness (QED) is 0.531. The number of aromatic nitrogens is 1. The lowest BCUT2D eigenvalue weighted by atomic mass is 9.75. The van der Waals surface area contributed by atoms with Crippen LogP contribution in [0, 0.1) is 12.3 Å². The normalized spacial score (nSPS) is 18.8. The molecular formula is C27H33N3O3. The number of rotatable bonds is 7. The van der Waals surface area contributed by atoms with Crippen molar-refractivity contribution >= 4 is 5.91 Å². The van der Waals surface area contributed by atoms with E-state index in [-0.39, 0.29) is 5.91 Å². The first-order valence-corrected chi connectivity index (χ1v) is 11.5. The van der Waals surface area contributed by atoms with Gasteiger partial charge in [0.15, 0.2) is 0 Å². The SMILES string of the molecule is COc1ccccc1CN1CCCC(Cc2cc(-c3ccc(C)cc3)no2)(C(=O)N(C)C)C1. The van der Waals surface area contributed by atoms with Crippen LogP contribution in [0.15, 0.2) is 59.1 Å². The van der Waals surface area contributed by atoms with Crippen LogP contribution < -0.4 is 4.74 Å². The second-order valence-corrected chi connectivity index (χ2v) is 9.33. The van der Waals surface area contributed by atoms with Gasteiger partial charge in [0.25, 0.3) is 0 Å². The van der Waals surface area contributed by atoms with Crippen molar-refractivity contribution in [1.82, 2.24) is 15.0 Å². The summed E-state index contributed by atoms with van der Waals surface area (Å²) in [7, 11) is 5.37. The predicted octanol–water partition coefficient (Wildman–Crippen LogP) is 4.57. The predicted molar refractivity (Wildman–Crippen MR) is 129 cm³/mol. The van der Waals surface area contributed by atoms with Crippen molar-refractivity contribution in [3.63, 3.8) is 0 Å². The molecule has 1 aromatic heterocycles. The highest BCUT2D eigenvalue weighted by Gasteiger charge is 2.44. The number of methoxy groups -OCH3 is 1. The second kappa shape index (κ2) is 9.79. The Morgan fingerprint density at radius 1 is 1.18 bits per heavy atom. The maximum absolute atomic E-state index is 13.5. The molecule has 174 valence electrons. The minimum atomic E-state index is -0.548. The molecule has 1 amide bonds. The number of carbonyl (C=O) groups excluding carboxylic acids is 1. The van der Waals surface area contributed by atoms with E-state index >= 15 is 0 Å². The number of ether oxygens (including phenoxy) is 1. The summed E-state index contributed by atoms with van der Waals surface area (Å²) in [6.07, 6.45) is 2.31. The zero-order chi connectivity index (χ0) is 23.4. The average molecular weight is 448 g/mol. The highest BCUT2D eigenvalue weighted by molar-refractivity contribution is 5.83. The van der Waals surface area contributed by atoms with Gasteiger partial charge in [0.05, 0.1) is 12.5 Å². The third-order valence-electron chi connectivity index (χ3n) is 6.52. The van der Waals surface area contributed by atoms with Gasteiger partial charge in [-0.3, -0.25) is 9.69 Å². The molecule has 3 aromatic rings. The molecule has 0 bridgehead atoms. The van der Waals surface area contributed by atoms with E-state index in [1.165, 1.54) is 5.56 Å². The molecule has 1 fully saturated rings. The van der Waals surface area contributed by atoms with Crippen molar-refractivity contribution in [3.05, 3.63) is 71.5 Å². The number of likely N-dealkylation sites (tertiary alicyclic amines) is 1. The molecule has 0 aliphatic carbocycles. The van der Waals surface area contributed by atoms with Crippen LogP contribution >= 0.6 is 0 Å². The monoisotopic (exact) mass is 447 g/mol. The fourth-order valence-corrected chi connectivity index (χ4v) is 4.90. The number of para-hydroxylation sites is 1. The molecule has 6 heteroatoms. The molecule has 6 nitrogen and oxygen atoms in total. The first kappa shape index (κ1) is 23.1. The van der Waals surface area contributed by atoms with Gasteiger partial charge in [-0.05, 0) is 32.4 Å². The fourth-order valence-electron chi connectivity index (χ4n) is 4.90. The lowest BCUT2D eigenvalue weighted by Crippen LogP contribution is -2.52. The molecule has 0 saturated carbocycles. The maximum atomic E-state index is 13.5. The molecule has 0 spiro atoms. The van der Waals surface area contributed by atoms with Gasteiger partial charge in [0.1, 0.15) is 17.2 Å². The van der Waals surface area contributed by atoms with Crippen molar-refractivity contribution in [3.8, 4) is 17.0 Å².